The number of anilines is 1. The first-order valence-corrected chi connectivity index (χ1v) is 7.37. The third kappa shape index (κ3) is 5.02. The number of benzene rings is 1. The number of rotatable bonds is 8. The molecule has 1 amide bonds. The van der Waals surface area contributed by atoms with Crippen LogP contribution in [0.25, 0.3) is 0 Å². The van der Waals surface area contributed by atoms with Crippen LogP contribution in [0.3, 0.4) is 0 Å². The lowest BCUT2D eigenvalue weighted by Crippen LogP contribution is -2.28. The van der Waals surface area contributed by atoms with E-state index in [2.05, 4.69) is 5.32 Å². The zero-order chi connectivity index (χ0) is 15.0. The lowest BCUT2D eigenvalue weighted by molar-refractivity contribution is 0.0793. The molecule has 0 atom stereocenters. The molecule has 112 valence electrons. The standard InChI is InChI=1S/C15H23ClN2O2/c1-3-17-14-8-7-12(16)11-13(14)15(20)18(2)9-5-4-6-10-19/h7-8,11,17,19H,3-6,9-10H2,1-2H3. The Labute approximate surface area is 125 Å². The van der Waals surface area contributed by atoms with E-state index >= 15 is 0 Å². The quantitative estimate of drug-likeness (QED) is 0.725. The van der Waals surface area contributed by atoms with Crippen molar-refractivity contribution in [3.63, 3.8) is 0 Å². The SMILES string of the molecule is CCNc1ccc(Cl)cc1C(=O)N(C)CCCCCO. The van der Waals surface area contributed by atoms with Crippen LogP contribution in [-0.4, -0.2) is 42.7 Å². The molecular weight excluding hydrogens is 276 g/mol. The van der Waals surface area contributed by atoms with Crippen LogP contribution in [0.1, 0.15) is 36.5 Å². The highest BCUT2D eigenvalue weighted by Gasteiger charge is 2.15. The predicted molar refractivity (Wildman–Crippen MR) is 83.5 cm³/mol. The van der Waals surface area contributed by atoms with Gasteiger partial charge in [0.15, 0.2) is 0 Å². The first-order chi connectivity index (χ1) is 9.60. The number of aliphatic hydroxyl groups excluding tert-OH is 1. The fourth-order valence-corrected chi connectivity index (χ4v) is 2.15. The lowest BCUT2D eigenvalue weighted by atomic mass is 10.1. The van der Waals surface area contributed by atoms with Crippen molar-refractivity contribution in [1.29, 1.82) is 0 Å². The van der Waals surface area contributed by atoms with E-state index in [0.717, 1.165) is 31.5 Å². The van der Waals surface area contributed by atoms with Gasteiger partial charge in [0.05, 0.1) is 5.56 Å². The summed E-state index contributed by atoms with van der Waals surface area (Å²) in [6, 6.07) is 5.31. The van der Waals surface area contributed by atoms with Crippen LogP contribution in [-0.2, 0) is 0 Å². The van der Waals surface area contributed by atoms with Gasteiger partial charge in [-0.2, -0.15) is 0 Å². The highest BCUT2D eigenvalue weighted by Crippen LogP contribution is 2.22. The van der Waals surface area contributed by atoms with Gasteiger partial charge in [-0.05, 0) is 44.4 Å². The summed E-state index contributed by atoms with van der Waals surface area (Å²) in [5.74, 6) is -0.0348. The van der Waals surface area contributed by atoms with Gasteiger partial charge >= 0.3 is 0 Å². The first kappa shape index (κ1) is 16.8. The van der Waals surface area contributed by atoms with E-state index < -0.39 is 0 Å². The van der Waals surface area contributed by atoms with Crippen LogP contribution in [0, 0.1) is 0 Å². The molecule has 0 fully saturated rings. The Morgan fingerprint density at radius 2 is 2.10 bits per heavy atom. The molecule has 1 aromatic carbocycles. The zero-order valence-electron chi connectivity index (χ0n) is 12.2. The monoisotopic (exact) mass is 298 g/mol. The van der Waals surface area contributed by atoms with Gasteiger partial charge < -0.3 is 15.3 Å². The lowest BCUT2D eigenvalue weighted by Gasteiger charge is -2.19. The van der Waals surface area contributed by atoms with Crippen LogP contribution >= 0.6 is 11.6 Å². The Morgan fingerprint density at radius 3 is 2.75 bits per heavy atom. The van der Waals surface area contributed by atoms with Gasteiger partial charge in [-0.15, -0.1) is 0 Å². The van der Waals surface area contributed by atoms with Crippen molar-refractivity contribution in [1.82, 2.24) is 4.90 Å². The maximum atomic E-state index is 12.4. The van der Waals surface area contributed by atoms with E-state index in [1.807, 2.05) is 13.0 Å². The minimum Gasteiger partial charge on any atom is -0.396 e. The highest BCUT2D eigenvalue weighted by atomic mass is 35.5. The second kappa shape index (κ2) is 8.82. The number of carbonyl (C=O) groups excluding carboxylic acids is 1. The molecule has 20 heavy (non-hydrogen) atoms. The molecule has 0 aliphatic carbocycles. The average molecular weight is 299 g/mol. The summed E-state index contributed by atoms with van der Waals surface area (Å²) >= 11 is 5.99. The smallest absolute Gasteiger partial charge is 0.255 e. The number of halogens is 1. The normalized spacial score (nSPS) is 10.4. The van der Waals surface area contributed by atoms with E-state index in [-0.39, 0.29) is 12.5 Å². The predicted octanol–water partition coefficient (Wildman–Crippen LogP) is 3.01. The Bertz CT molecular complexity index is 438. The van der Waals surface area contributed by atoms with Crippen molar-refractivity contribution in [2.24, 2.45) is 0 Å². The second-order valence-corrected chi connectivity index (χ2v) is 5.17. The van der Waals surface area contributed by atoms with E-state index in [1.165, 1.54) is 0 Å². The summed E-state index contributed by atoms with van der Waals surface area (Å²) in [7, 11) is 1.79. The number of aliphatic hydroxyl groups is 1. The Balaban J connectivity index is 2.72. The topological polar surface area (TPSA) is 52.6 Å². The van der Waals surface area contributed by atoms with Crippen LogP contribution < -0.4 is 5.32 Å². The summed E-state index contributed by atoms with van der Waals surface area (Å²) in [6.07, 6.45) is 2.59. The van der Waals surface area contributed by atoms with Crippen molar-refractivity contribution >= 4 is 23.2 Å². The molecule has 0 aromatic heterocycles. The number of amides is 1. The molecule has 0 aliphatic heterocycles. The maximum absolute atomic E-state index is 12.4. The van der Waals surface area contributed by atoms with Crippen molar-refractivity contribution < 1.29 is 9.90 Å². The molecule has 1 rings (SSSR count). The van der Waals surface area contributed by atoms with Gasteiger partial charge in [0.1, 0.15) is 0 Å². The van der Waals surface area contributed by atoms with Crippen molar-refractivity contribution in [3.8, 4) is 0 Å². The average Bonchev–Trinajstić information content (AvgIpc) is 2.44. The Morgan fingerprint density at radius 1 is 1.35 bits per heavy atom. The van der Waals surface area contributed by atoms with Gasteiger partial charge in [0.2, 0.25) is 0 Å². The van der Waals surface area contributed by atoms with E-state index in [1.54, 1.807) is 24.1 Å². The number of carbonyl (C=O) groups is 1. The molecule has 0 unspecified atom stereocenters. The third-order valence-corrected chi connectivity index (χ3v) is 3.31. The molecular formula is C15H23ClN2O2. The minimum absolute atomic E-state index is 0.0348. The first-order valence-electron chi connectivity index (χ1n) is 7.00. The third-order valence-electron chi connectivity index (χ3n) is 3.08. The van der Waals surface area contributed by atoms with Crippen LogP contribution in [0.15, 0.2) is 18.2 Å². The zero-order valence-corrected chi connectivity index (χ0v) is 12.9. The molecule has 0 aliphatic rings. The molecule has 0 bridgehead atoms. The summed E-state index contributed by atoms with van der Waals surface area (Å²) in [5.41, 5.74) is 1.41. The van der Waals surface area contributed by atoms with Gasteiger partial charge in [0.25, 0.3) is 5.91 Å². The van der Waals surface area contributed by atoms with Crippen LogP contribution in [0.5, 0.6) is 0 Å². The largest absolute Gasteiger partial charge is 0.396 e. The molecule has 0 radical (unpaired) electrons. The Hall–Kier alpha value is -1.26. The van der Waals surface area contributed by atoms with Crippen LogP contribution in [0.2, 0.25) is 5.02 Å². The van der Waals surface area contributed by atoms with Gasteiger partial charge in [0, 0.05) is 37.5 Å². The number of hydrogen-bond acceptors (Lipinski definition) is 3. The molecule has 5 heteroatoms. The Kier molecular flexibility index (Phi) is 7.41. The highest BCUT2D eigenvalue weighted by molar-refractivity contribution is 6.31. The minimum atomic E-state index is -0.0348. The summed E-state index contributed by atoms with van der Waals surface area (Å²) < 4.78 is 0. The van der Waals surface area contributed by atoms with Crippen LogP contribution in [0.4, 0.5) is 5.69 Å². The van der Waals surface area contributed by atoms with E-state index in [9.17, 15) is 4.79 Å². The number of unbranched alkanes of at least 4 members (excludes halogenated alkanes) is 2. The number of hydrogen-bond donors (Lipinski definition) is 2. The van der Waals surface area contributed by atoms with Gasteiger partial charge in [-0.25, -0.2) is 0 Å². The van der Waals surface area contributed by atoms with E-state index in [4.69, 9.17) is 16.7 Å². The number of nitrogens with zero attached hydrogens (tertiary/aromatic N) is 1. The van der Waals surface area contributed by atoms with Crippen molar-refractivity contribution in [2.45, 2.75) is 26.2 Å². The van der Waals surface area contributed by atoms with E-state index in [0.29, 0.717) is 17.1 Å². The summed E-state index contributed by atoms with van der Waals surface area (Å²) in [5, 5.41) is 12.5. The molecule has 0 spiro atoms. The maximum Gasteiger partial charge on any atom is 0.255 e. The molecule has 4 nitrogen and oxygen atoms in total. The molecule has 0 heterocycles. The molecule has 0 saturated carbocycles. The molecule has 0 saturated heterocycles. The summed E-state index contributed by atoms with van der Waals surface area (Å²) in [6.45, 7) is 3.62. The second-order valence-electron chi connectivity index (χ2n) is 4.73. The number of nitrogens with one attached hydrogen (secondary N) is 1. The fraction of sp³-hybridized carbons (Fsp3) is 0.533. The van der Waals surface area contributed by atoms with Crippen molar-refractivity contribution in [3.05, 3.63) is 28.8 Å². The van der Waals surface area contributed by atoms with Gasteiger partial charge in [-0.3, -0.25) is 4.79 Å². The molecule has 1 aromatic rings. The van der Waals surface area contributed by atoms with Gasteiger partial charge in [-0.1, -0.05) is 11.6 Å². The summed E-state index contributed by atoms with van der Waals surface area (Å²) in [4.78, 5) is 14.1. The molecule has 2 N–H and O–H groups in total. The fourth-order valence-electron chi connectivity index (χ4n) is 1.98. The van der Waals surface area contributed by atoms with Crippen molar-refractivity contribution in [2.75, 3.05) is 32.1 Å².